The van der Waals surface area contributed by atoms with Crippen LogP contribution in [0.3, 0.4) is 0 Å². The molecule has 8 nitrogen and oxygen atoms in total. The summed E-state index contributed by atoms with van der Waals surface area (Å²) in [5.74, 6) is -0.175. The number of hydrogen-bond donors (Lipinski definition) is 1. The van der Waals surface area contributed by atoms with E-state index in [0.29, 0.717) is 24.4 Å². The number of pyridine rings is 1. The number of nitriles is 1. The van der Waals surface area contributed by atoms with Gasteiger partial charge >= 0.3 is 0 Å². The van der Waals surface area contributed by atoms with Gasteiger partial charge in [0.2, 0.25) is 0 Å². The number of nitrogens with zero attached hydrogens (tertiary/aromatic N) is 6. The third kappa shape index (κ3) is 2.80. The standard InChI is InChI=1S/C17H17N7O/c1-22-9-13(7-20-22)12-2-5-24-15(8-19-16(24)6-12)17(25)21-14-3-4-23(10-14)11-18/h2,5-9,14H,3-4,10H2,1H3,(H,21,25)/t14-/m1/s1. The molecule has 0 radical (unpaired) electrons. The number of carbonyl (C=O) groups excluding carboxylic acids is 1. The Morgan fingerprint density at radius 1 is 1.40 bits per heavy atom. The van der Waals surface area contributed by atoms with E-state index >= 15 is 0 Å². The minimum atomic E-state index is -0.175. The minimum absolute atomic E-state index is 0.00707. The normalized spacial score (nSPS) is 17.0. The van der Waals surface area contributed by atoms with Crippen LogP contribution in [0.5, 0.6) is 0 Å². The van der Waals surface area contributed by atoms with Crippen molar-refractivity contribution in [2.45, 2.75) is 12.5 Å². The van der Waals surface area contributed by atoms with Crippen LogP contribution in [0, 0.1) is 11.5 Å². The second-order valence-electron chi connectivity index (χ2n) is 6.19. The molecule has 0 unspecified atom stereocenters. The number of hydrogen-bond acceptors (Lipinski definition) is 5. The summed E-state index contributed by atoms with van der Waals surface area (Å²) in [6.45, 7) is 1.24. The molecule has 0 saturated carbocycles. The van der Waals surface area contributed by atoms with Crippen molar-refractivity contribution in [3.63, 3.8) is 0 Å². The highest BCUT2D eigenvalue weighted by molar-refractivity contribution is 5.93. The number of rotatable bonds is 3. The van der Waals surface area contributed by atoms with Gasteiger partial charge in [-0.05, 0) is 24.1 Å². The lowest BCUT2D eigenvalue weighted by Gasteiger charge is -2.12. The maximum absolute atomic E-state index is 12.5. The number of amides is 1. The molecule has 0 spiro atoms. The predicted molar refractivity (Wildman–Crippen MR) is 90.5 cm³/mol. The van der Waals surface area contributed by atoms with Gasteiger partial charge in [0.15, 0.2) is 6.19 Å². The fourth-order valence-corrected chi connectivity index (χ4v) is 3.13. The van der Waals surface area contributed by atoms with Crippen LogP contribution in [0.4, 0.5) is 0 Å². The zero-order valence-corrected chi connectivity index (χ0v) is 13.8. The highest BCUT2D eigenvalue weighted by Gasteiger charge is 2.24. The molecule has 4 heterocycles. The number of likely N-dealkylation sites (tertiary alicyclic amines) is 1. The van der Waals surface area contributed by atoms with Gasteiger partial charge in [-0.3, -0.25) is 13.9 Å². The number of carbonyl (C=O) groups is 1. The molecule has 1 aliphatic heterocycles. The highest BCUT2D eigenvalue weighted by Crippen LogP contribution is 2.20. The van der Waals surface area contributed by atoms with E-state index in [9.17, 15) is 4.79 Å². The van der Waals surface area contributed by atoms with Crippen LogP contribution < -0.4 is 5.32 Å². The van der Waals surface area contributed by atoms with Gasteiger partial charge in [-0.15, -0.1) is 0 Å². The quantitative estimate of drug-likeness (QED) is 0.722. The first kappa shape index (κ1) is 15.2. The van der Waals surface area contributed by atoms with Gasteiger partial charge in [0.1, 0.15) is 11.3 Å². The third-order valence-electron chi connectivity index (χ3n) is 4.45. The predicted octanol–water partition coefficient (Wildman–Crippen LogP) is 1.02. The van der Waals surface area contributed by atoms with E-state index in [4.69, 9.17) is 5.26 Å². The molecule has 3 aromatic rings. The molecular weight excluding hydrogens is 318 g/mol. The molecule has 0 aliphatic carbocycles. The summed E-state index contributed by atoms with van der Waals surface area (Å²) in [5.41, 5.74) is 3.19. The Balaban J connectivity index is 1.57. The Hall–Kier alpha value is -3.34. The second-order valence-corrected chi connectivity index (χ2v) is 6.19. The van der Waals surface area contributed by atoms with Crippen LogP contribution in [0.1, 0.15) is 16.9 Å². The summed E-state index contributed by atoms with van der Waals surface area (Å²) in [7, 11) is 1.87. The van der Waals surface area contributed by atoms with Gasteiger partial charge in [-0.1, -0.05) is 0 Å². The first-order valence-electron chi connectivity index (χ1n) is 8.06. The van der Waals surface area contributed by atoms with Gasteiger partial charge in [-0.2, -0.15) is 10.4 Å². The molecule has 1 amide bonds. The Kier molecular flexibility index (Phi) is 3.61. The maximum Gasteiger partial charge on any atom is 0.270 e. The van der Waals surface area contributed by atoms with Crippen LogP contribution in [0.15, 0.2) is 36.9 Å². The molecule has 8 heteroatoms. The first-order chi connectivity index (χ1) is 12.1. The molecule has 1 atom stereocenters. The zero-order valence-electron chi connectivity index (χ0n) is 13.8. The fourth-order valence-electron chi connectivity index (χ4n) is 3.13. The number of fused-ring (bicyclic) bond motifs is 1. The SMILES string of the molecule is Cn1cc(-c2ccn3c(C(=O)N[C@@H]4CCN(C#N)C4)cnc3c2)cn1. The number of nitrogens with one attached hydrogen (secondary N) is 1. The van der Waals surface area contributed by atoms with Crippen molar-refractivity contribution in [2.24, 2.45) is 7.05 Å². The summed E-state index contributed by atoms with van der Waals surface area (Å²) >= 11 is 0. The van der Waals surface area contributed by atoms with Crippen molar-refractivity contribution in [2.75, 3.05) is 13.1 Å². The van der Waals surface area contributed by atoms with Crippen molar-refractivity contribution in [1.82, 2.24) is 29.4 Å². The van der Waals surface area contributed by atoms with E-state index in [1.807, 2.05) is 31.6 Å². The monoisotopic (exact) mass is 335 g/mol. The molecule has 1 N–H and O–H groups in total. The van der Waals surface area contributed by atoms with Crippen LogP contribution in [0.2, 0.25) is 0 Å². The molecule has 4 rings (SSSR count). The van der Waals surface area contributed by atoms with E-state index in [2.05, 4.69) is 21.6 Å². The lowest BCUT2D eigenvalue weighted by molar-refractivity contribution is 0.0933. The van der Waals surface area contributed by atoms with E-state index in [1.54, 1.807) is 26.4 Å². The average Bonchev–Trinajstić information content (AvgIpc) is 3.33. The van der Waals surface area contributed by atoms with E-state index in [1.165, 1.54) is 0 Å². The van der Waals surface area contributed by atoms with E-state index in [0.717, 1.165) is 17.5 Å². The number of aryl methyl sites for hydroxylation is 1. The van der Waals surface area contributed by atoms with Crippen LogP contribution in [-0.2, 0) is 7.05 Å². The topological polar surface area (TPSA) is 91.2 Å². The molecule has 0 bridgehead atoms. The van der Waals surface area contributed by atoms with Crippen molar-refractivity contribution >= 4 is 11.6 Å². The molecule has 1 fully saturated rings. The van der Waals surface area contributed by atoms with Crippen LogP contribution >= 0.6 is 0 Å². The highest BCUT2D eigenvalue weighted by atomic mass is 16.2. The summed E-state index contributed by atoms with van der Waals surface area (Å²) in [5, 5.41) is 16.1. The van der Waals surface area contributed by atoms with Crippen molar-refractivity contribution in [3.05, 3.63) is 42.6 Å². The zero-order chi connectivity index (χ0) is 17.4. The first-order valence-corrected chi connectivity index (χ1v) is 8.06. The van der Waals surface area contributed by atoms with Crippen LogP contribution in [0.25, 0.3) is 16.8 Å². The Morgan fingerprint density at radius 3 is 3.00 bits per heavy atom. The summed E-state index contributed by atoms with van der Waals surface area (Å²) in [6.07, 6.45) is 10.0. The molecule has 126 valence electrons. The van der Waals surface area contributed by atoms with E-state index in [-0.39, 0.29) is 11.9 Å². The Bertz CT molecular complexity index is 980. The molecule has 1 aliphatic rings. The van der Waals surface area contributed by atoms with E-state index < -0.39 is 0 Å². The van der Waals surface area contributed by atoms with Gasteiger partial charge in [-0.25, -0.2) is 4.98 Å². The number of aromatic nitrogens is 4. The largest absolute Gasteiger partial charge is 0.346 e. The Morgan fingerprint density at radius 2 is 2.28 bits per heavy atom. The third-order valence-corrected chi connectivity index (χ3v) is 4.45. The van der Waals surface area contributed by atoms with Crippen LogP contribution in [-0.4, -0.2) is 49.1 Å². The summed E-state index contributed by atoms with van der Waals surface area (Å²) < 4.78 is 3.52. The molecular formula is C17H17N7O. The fraction of sp³-hybridized carbons (Fsp3) is 0.294. The van der Waals surface area contributed by atoms with Crippen molar-refractivity contribution < 1.29 is 4.79 Å². The van der Waals surface area contributed by atoms with Gasteiger partial charge in [0.05, 0.1) is 12.4 Å². The van der Waals surface area contributed by atoms with Crippen molar-refractivity contribution in [3.8, 4) is 17.3 Å². The lowest BCUT2D eigenvalue weighted by atomic mass is 10.1. The van der Waals surface area contributed by atoms with Gasteiger partial charge < -0.3 is 10.2 Å². The molecule has 0 aromatic carbocycles. The smallest absolute Gasteiger partial charge is 0.270 e. The molecule has 1 saturated heterocycles. The average molecular weight is 335 g/mol. The summed E-state index contributed by atoms with van der Waals surface area (Å²) in [6, 6.07) is 3.86. The second kappa shape index (κ2) is 5.94. The summed E-state index contributed by atoms with van der Waals surface area (Å²) in [4.78, 5) is 18.5. The molecule has 25 heavy (non-hydrogen) atoms. The van der Waals surface area contributed by atoms with Gasteiger partial charge in [0.25, 0.3) is 5.91 Å². The molecule has 3 aromatic heterocycles. The lowest BCUT2D eigenvalue weighted by Crippen LogP contribution is -2.36. The minimum Gasteiger partial charge on any atom is -0.346 e. The Labute approximate surface area is 144 Å². The number of imidazole rings is 1. The maximum atomic E-state index is 12.5. The van der Waals surface area contributed by atoms with Gasteiger partial charge in [0, 0.05) is 44.1 Å². The van der Waals surface area contributed by atoms with Crippen molar-refractivity contribution in [1.29, 1.82) is 5.26 Å².